The molecule has 2 unspecified atom stereocenters. The monoisotopic (exact) mass is 354 g/mol. The van der Waals surface area contributed by atoms with Gasteiger partial charge in [0.1, 0.15) is 5.75 Å². The van der Waals surface area contributed by atoms with E-state index >= 15 is 0 Å². The lowest BCUT2D eigenvalue weighted by Gasteiger charge is -2.37. The minimum atomic E-state index is -0.720. The number of rotatable bonds is 6. The maximum Gasteiger partial charge on any atom is 0.307 e. The van der Waals surface area contributed by atoms with Crippen LogP contribution in [0.3, 0.4) is 0 Å². The number of carboxylic acids is 1. The standard InChI is InChI=1S/C21H26N2O3/c1-3-15-10-11-18(22-13-15)20(17-8-4-5-9-19(17)26-2)23-12-6-7-16(14-23)21(24)25/h4-5,8-11,13,16,20H,3,6-7,12,14H2,1-2H3,(H,24,25). The molecule has 0 amide bonds. The average molecular weight is 354 g/mol. The number of aryl methyl sites for hydroxylation is 1. The molecule has 1 fully saturated rings. The van der Waals surface area contributed by atoms with Gasteiger partial charge in [-0.15, -0.1) is 0 Å². The van der Waals surface area contributed by atoms with E-state index in [0.29, 0.717) is 6.54 Å². The van der Waals surface area contributed by atoms with Crippen molar-refractivity contribution in [3.63, 3.8) is 0 Å². The molecule has 1 N–H and O–H groups in total. The number of piperidine rings is 1. The maximum absolute atomic E-state index is 11.5. The third kappa shape index (κ3) is 3.88. The van der Waals surface area contributed by atoms with Crippen LogP contribution in [-0.2, 0) is 11.2 Å². The molecule has 2 heterocycles. The van der Waals surface area contributed by atoms with E-state index in [4.69, 9.17) is 9.72 Å². The number of para-hydroxylation sites is 1. The SMILES string of the molecule is CCc1ccc(C(c2ccccc2OC)N2CCCC(C(=O)O)C2)nc1. The van der Waals surface area contributed by atoms with Crippen molar-refractivity contribution in [2.75, 3.05) is 20.2 Å². The number of carbonyl (C=O) groups is 1. The number of benzene rings is 1. The minimum absolute atomic E-state index is 0.112. The second-order valence-corrected chi connectivity index (χ2v) is 6.76. The Hall–Kier alpha value is -2.40. The highest BCUT2D eigenvalue weighted by Gasteiger charge is 2.33. The van der Waals surface area contributed by atoms with Crippen LogP contribution in [0.4, 0.5) is 0 Å². The van der Waals surface area contributed by atoms with E-state index in [2.05, 4.69) is 24.0 Å². The van der Waals surface area contributed by atoms with E-state index < -0.39 is 5.97 Å². The van der Waals surface area contributed by atoms with Gasteiger partial charge in [-0.3, -0.25) is 14.7 Å². The van der Waals surface area contributed by atoms with Crippen LogP contribution in [0, 0.1) is 5.92 Å². The van der Waals surface area contributed by atoms with Gasteiger partial charge < -0.3 is 9.84 Å². The smallest absolute Gasteiger partial charge is 0.307 e. The summed E-state index contributed by atoms with van der Waals surface area (Å²) in [5.74, 6) is -0.255. The molecule has 5 nitrogen and oxygen atoms in total. The highest BCUT2D eigenvalue weighted by molar-refractivity contribution is 5.70. The number of methoxy groups -OCH3 is 1. The van der Waals surface area contributed by atoms with Gasteiger partial charge in [-0.2, -0.15) is 0 Å². The van der Waals surface area contributed by atoms with Crippen LogP contribution in [0.5, 0.6) is 5.75 Å². The number of aliphatic carboxylic acids is 1. The Balaban J connectivity index is 2.02. The predicted octanol–water partition coefficient (Wildman–Crippen LogP) is 3.54. The van der Waals surface area contributed by atoms with Gasteiger partial charge in [0.15, 0.2) is 0 Å². The molecule has 0 radical (unpaired) electrons. The lowest BCUT2D eigenvalue weighted by molar-refractivity contribution is -0.143. The third-order valence-corrected chi connectivity index (χ3v) is 5.14. The highest BCUT2D eigenvalue weighted by Crippen LogP contribution is 2.36. The van der Waals surface area contributed by atoms with Gasteiger partial charge in [-0.25, -0.2) is 0 Å². The number of hydrogen-bond acceptors (Lipinski definition) is 4. The number of hydrogen-bond donors (Lipinski definition) is 1. The number of likely N-dealkylation sites (tertiary alicyclic amines) is 1. The molecule has 0 bridgehead atoms. The van der Waals surface area contributed by atoms with Crippen molar-refractivity contribution in [3.05, 3.63) is 59.4 Å². The fourth-order valence-electron chi connectivity index (χ4n) is 3.68. The van der Waals surface area contributed by atoms with Crippen molar-refractivity contribution < 1.29 is 14.6 Å². The van der Waals surface area contributed by atoms with Gasteiger partial charge in [-0.05, 0) is 43.5 Å². The molecule has 2 atom stereocenters. The Morgan fingerprint density at radius 3 is 2.81 bits per heavy atom. The number of carboxylic acid groups (broad SMARTS) is 1. The summed E-state index contributed by atoms with van der Waals surface area (Å²) in [7, 11) is 1.67. The summed E-state index contributed by atoms with van der Waals surface area (Å²) < 4.78 is 5.59. The molecule has 2 aromatic rings. The lowest BCUT2D eigenvalue weighted by atomic mass is 9.92. The van der Waals surface area contributed by atoms with Gasteiger partial charge >= 0.3 is 5.97 Å². The van der Waals surface area contributed by atoms with Crippen LogP contribution in [0.2, 0.25) is 0 Å². The molecule has 1 aromatic carbocycles. The van der Waals surface area contributed by atoms with E-state index in [1.165, 1.54) is 5.56 Å². The number of ether oxygens (including phenoxy) is 1. The Labute approximate surface area is 154 Å². The van der Waals surface area contributed by atoms with Crippen molar-refractivity contribution in [3.8, 4) is 5.75 Å². The quantitative estimate of drug-likeness (QED) is 0.860. The van der Waals surface area contributed by atoms with E-state index in [1.807, 2.05) is 30.5 Å². The third-order valence-electron chi connectivity index (χ3n) is 5.14. The summed E-state index contributed by atoms with van der Waals surface area (Å²) in [5, 5.41) is 9.48. The highest BCUT2D eigenvalue weighted by atomic mass is 16.5. The van der Waals surface area contributed by atoms with Gasteiger partial charge in [-0.1, -0.05) is 31.2 Å². The van der Waals surface area contributed by atoms with Crippen LogP contribution in [0.15, 0.2) is 42.6 Å². The molecule has 0 aliphatic carbocycles. The number of nitrogens with zero attached hydrogens (tertiary/aromatic N) is 2. The Morgan fingerprint density at radius 1 is 1.35 bits per heavy atom. The Morgan fingerprint density at radius 2 is 2.15 bits per heavy atom. The van der Waals surface area contributed by atoms with Crippen LogP contribution in [0.1, 0.15) is 42.6 Å². The van der Waals surface area contributed by atoms with Crippen molar-refractivity contribution in [2.45, 2.75) is 32.2 Å². The summed E-state index contributed by atoms with van der Waals surface area (Å²) in [6, 6.07) is 12.0. The minimum Gasteiger partial charge on any atom is -0.496 e. The lowest BCUT2D eigenvalue weighted by Crippen LogP contribution is -2.41. The van der Waals surface area contributed by atoms with Crippen molar-refractivity contribution in [2.24, 2.45) is 5.92 Å². The molecule has 3 rings (SSSR count). The zero-order valence-corrected chi connectivity index (χ0v) is 15.4. The summed E-state index contributed by atoms with van der Waals surface area (Å²) in [5.41, 5.74) is 3.14. The molecule has 5 heteroatoms. The first-order chi connectivity index (χ1) is 12.6. The van der Waals surface area contributed by atoms with E-state index in [9.17, 15) is 9.90 Å². The molecule has 1 saturated heterocycles. The molecular formula is C21H26N2O3. The maximum atomic E-state index is 11.5. The van der Waals surface area contributed by atoms with Crippen LogP contribution in [0.25, 0.3) is 0 Å². The van der Waals surface area contributed by atoms with Crippen LogP contribution in [-0.4, -0.2) is 41.2 Å². The van der Waals surface area contributed by atoms with E-state index in [-0.39, 0.29) is 12.0 Å². The van der Waals surface area contributed by atoms with Gasteiger partial charge in [0.25, 0.3) is 0 Å². The van der Waals surface area contributed by atoms with Gasteiger partial charge in [0, 0.05) is 18.3 Å². The summed E-state index contributed by atoms with van der Waals surface area (Å²) in [6.45, 7) is 3.48. The normalized spacial score (nSPS) is 19.1. The summed E-state index contributed by atoms with van der Waals surface area (Å²) in [6.07, 6.45) is 4.45. The fourth-order valence-corrected chi connectivity index (χ4v) is 3.68. The Bertz CT molecular complexity index is 745. The summed E-state index contributed by atoms with van der Waals surface area (Å²) in [4.78, 5) is 18.5. The average Bonchev–Trinajstić information content (AvgIpc) is 2.69. The molecule has 26 heavy (non-hydrogen) atoms. The van der Waals surface area contributed by atoms with Gasteiger partial charge in [0.2, 0.25) is 0 Å². The van der Waals surface area contributed by atoms with Crippen molar-refractivity contribution >= 4 is 5.97 Å². The molecule has 0 spiro atoms. The van der Waals surface area contributed by atoms with Crippen LogP contribution >= 0.6 is 0 Å². The molecule has 1 aliphatic rings. The van der Waals surface area contributed by atoms with Crippen molar-refractivity contribution in [1.29, 1.82) is 0 Å². The Kier molecular flexibility index (Phi) is 5.89. The van der Waals surface area contributed by atoms with E-state index in [0.717, 1.165) is 42.8 Å². The number of pyridine rings is 1. The largest absolute Gasteiger partial charge is 0.496 e. The van der Waals surface area contributed by atoms with Gasteiger partial charge in [0.05, 0.1) is 24.8 Å². The van der Waals surface area contributed by atoms with Crippen molar-refractivity contribution in [1.82, 2.24) is 9.88 Å². The molecular weight excluding hydrogens is 328 g/mol. The first kappa shape index (κ1) is 18.4. The molecule has 138 valence electrons. The second kappa shape index (κ2) is 8.32. The molecule has 0 saturated carbocycles. The topological polar surface area (TPSA) is 62.7 Å². The van der Waals surface area contributed by atoms with E-state index in [1.54, 1.807) is 7.11 Å². The molecule has 1 aliphatic heterocycles. The fraction of sp³-hybridized carbons (Fsp3) is 0.429. The zero-order valence-electron chi connectivity index (χ0n) is 15.4. The van der Waals surface area contributed by atoms with Crippen LogP contribution < -0.4 is 4.74 Å². The summed E-state index contributed by atoms with van der Waals surface area (Å²) >= 11 is 0. The predicted molar refractivity (Wildman–Crippen MR) is 100 cm³/mol. The zero-order chi connectivity index (χ0) is 18.5. The number of aromatic nitrogens is 1. The second-order valence-electron chi connectivity index (χ2n) is 6.76. The first-order valence-corrected chi connectivity index (χ1v) is 9.18. The first-order valence-electron chi connectivity index (χ1n) is 9.18. The molecule has 1 aromatic heterocycles.